The predicted octanol–water partition coefficient (Wildman–Crippen LogP) is 5.59. The molecule has 3 aromatic rings. The smallest absolute Gasteiger partial charge is 0.253 e. The van der Waals surface area contributed by atoms with Gasteiger partial charge in [0.05, 0.1) is 16.6 Å². The number of aromatic nitrogens is 1. The highest BCUT2D eigenvalue weighted by molar-refractivity contribution is 6.33. The number of hydrogen-bond donors (Lipinski definition) is 1. The molecule has 6 nitrogen and oxygen atoms in total. The quantitative estimate of drug-likeness (QED) is 0.479. The molecule has 1 aliphatic carbocycles. The fourth-order valence-corrected chi connectivity index (χ4v) is 6.65. The molecule has 0 bridgehead atoms. The lowest BCUT2D eigenvalue weighted by Gasteiger charge is -2.40. The van der Waals surface area contributed by atoms with Gasteiger partial charge in [-0.15, -0.1) is 0 Å². The average Bonchev–Trinajstić information content (AvgIpc) is 3.53. The molecule has 0 radical (unpaired) electrons. The van der Waals surface area contributed by atoms with Crippen molar-refractivity contribution in [3.05, 3.63) is 93.8 Å². The molecule has 2 aromatic carbocycles. The number of hydrogen-bond acceptors (Lipinski definition) is 4. The first-order valence-corrected chi connectivity index (χ1v) is 13.9. The van der Waals surface area contributed by atoms with Gasteiger partial charge in [-0.25, -0.2) is 0 Å². The molecule has 196 valence electrons. The number of piperidine rings is 1. The molecule has 1 atom stereocenters. The normalized spacial score (nSPS) is 20.0. The summed E-state index contributed by atoms with van der Waals surface area (Å²) < 4.78 is 0. The SMILES string of the molecule is Cc1cc(N2CCC3(CCN(C(=O)c4ccc5c(c4)[C@H](NC(=O)c4ccccc4Cl)CC5)C3)CC2)ccn1. The summed E-state index contributed by atoms with van der Waals surface area (Å²) in [5, 5.41) is 3.58. The first-order valence-electron chi connectivity index (χ1n) is 13.6. The number of nitrogens with zero attached hydrogens (tertiary/aromatic N) is 3. The Bertz CT molecular complexity index is 1380. The molecule has 2 saturated heterocycles. The Labute approximate surface area is 229 Å². The predicted molar refractivity (Wildman–Crippen MR) is 150 cm³/mol. The topological polar surface area (TPSA) is 65.5 Å². The summed E-state index contributed by atoms with van der Waals surface area (Å²) in [6.45, 7) is 5.67. The van der Waals surface area contributed by atoms with E-state index in [1.54, 1.807) is 12.1 Å². The Kier molecular flexibility index (Phi) is 6.60. The van der Waals surface area contributed by atoms with Gasteiger partial charge in [0.1, 0.15) is 0 Å². The number of carbonyl (C=O) groups is 2. The molecule has 0 saturated carbocycles. The molecule has 1 N–H and O–H groups in total. The number of benzene rings is 2. The lowest BCUT2D eigenvalue weighted by molar-refractivity contribution is 0.0764. The van der Waals surface area contributed by atoms with Crippen molar-refractivity contribution in [2.75, 3.05) is 31.1 Å². The maximum Gasteiger partial charge on any atom is 0.253 e. The van der Waals surface area contributed by atoms with Crippen LogP contribution in [0.2, 0.25) is 5.02 Å². The third-order valence-electron chi connectivity index (χ3n) is 8.69. The van der Waals surface area contributed by atoms with E-state index >= 15 is 0 Å². The van der Waals surface area contributed by atoms with E-state index in [9.17, 15) is 9.59 Å². The molecule has 6 rings (SSSR count). The Balaban J connectivity index is 1.11. The molecule has 1 spiro atoms. The zero-order valence-electron chi connectivity index (χ0n) is 21.8. The Morgan fingerprint density at radius 2 is 1.82 bits per heavy atom. The van der Waals surface area contributed by atoms with E-state index < -0.39 is 0 Å². The molecule has 7 heteroatoms. The maximum absolute atomic E-state index is 13.6. The average molecular weight is 529 g/mol. The van der Waals surface area contributed by atoms with Crippen molar-refractivity contribution >= 4 is 29.1 Å². The molecule has 2 aliphatic heterocycles. The third kappa shape index (κ3) is 4.78. The van der Waals surface area contributed by atoms with Gasteiger partial charge in [-0.3, -0.25) is 14.6 Å². The third-order valence-corrected chi connectivity index (χ3v) is 9.02. The van der Waals surface area contributed by atoms with E-state index in [0.717, 1.165) is 69.5 Å². The van der Waals surface area contributed by atoms with Crippen LogP contribution < -0.4 is 10.2 Å². The summed E-state index contributed by atoms with van der Waals surface area (Å²) in [6.07, 6.45) is 6.84. The van der Waals surface area contributed by atoms with E-state index in [-0.39, 0.29) is 23.3 Å². The summed E-state index contributed by atoms with van der Waals surface area (Å²) in [5.74, 6) is -0.0834. The van der Waals surface area contributed by atoms with Gasteiger partial charge < -0.3 is 15.1 Å². The second kappa shape index (κ2) is 10.1. The number of likely N-dealkylation sites (tertiary alicyclic amines) is 1. The van der Waals surface area contributed by atoms with Crippen LogP contribution in [0.4, 0.5) is 5.69 Å². The molecule has 0 unspecified atom stereocenters. The van der Waals surface area contributed by atoms with Crippen molar-refractivity contribution < 1.29 is 9.59 Å². The van der Waals surface area contributed by atoms with Crippen molar-refractivity contribution in [1.82, 2.24) is 15.2 Å². The second-order valence-corrected chi connectivity index (χ2v) is 11.5. The van der Waals surface area contributed by atoms with Crippen LogP contribution in [-0.2, 0) is 6.42 Å². The van der Waals surface area contributed by atoms with Gasteiger partial charge in [0.25, 0.3) is 11.8 Å². The largest absolute Gasteiger partial charge is 0.371 e. The minimum Gasteiger partial charge on any atom is -0.371 e. The van der Waals surface area contributed by atoms with Crippen LogP contribution in [0.3, 0.4) is 0 Å². The number of pyridine rings is 1. The van der Waals surface area contributed by atoms with E-state index in [1.807, 2.05) is 42.3 Å². The van der Waals surface area contributed by atoms with Gasteiger partial charge in [-0.2, -0.15) is 0 Å². The highest BCUT2D eigenvalue weighted by atomic mass is 35.5. The summed E-state index contributed by atoms with van der Waals surface area (Å²) in [5.41, 5.74) is 5.92. The van der Waals surface area contributed by atoms with Crippen molar-refractivity contribution in [2.45, 2.75) is 45.1 Å². The minimum absolute atomic E-state index is 0.0972. The minimum atomic E-state index is -0.181. The number of carbonyl (C=O) groups excluding carboxylic acids is 2. The molecule has 3 heterocycles. The molecule has 1 aromatic heterocycles. The van der Waals surface area contributed by atoms with Gasteiger partial charge >= 0.3 is 0 Å². The second-order valence-electron chi connectivity index (χ2n) is 11.1. The Morgan fingerprint density at radius 3 is 2.61 bits per heavy atom. The fraction of sp³-hybridized carbons (Fsp3) is 0.387. The van der Waals surface area contributed by atoms with E-state index in [2.05, 4.69) is 33.4 Å². The van der Waals surface area contributed by atoms with Crippen LogP contribution in [0, 0.1) is 12.3 Å². The highest BCUT2D eigenvalue weighted by Gasteiger charge is 2.42. The first kappa shape index (κ1) is 24.9. The van der Waals surface area contributed by atoms with Crippen LogP contribution in [-0.4, -0.2) is 47.9 Å². The standard InChI is InChI=1S/C31H33ClN4O2/c1-21-18-24(10-14-33-21)35-15-11-31(12-16-35)13-17-36(20-31)30(38)23-7-6-22-8-9-28(26(22)19-23)34-29(37)25-4-2-3-5-27(25)32/h2-7,10,14,18-19,28H,8-9,11-13,15-17,20H2,1H3,(H,34,37)/t28-/m1/s1. The molecule has 2 fully saturated rings. The zero-order valence-corrected chi connectivity index (χ0v) is 22.5. The van der Waals surface area contributed by atoms with Crippen LogP contribution in [0.15, 0.2) is 60.8 Å². The van der Waals surface area contributed by atoms with Crippen molar-refractivity contribution in [2.24, 2.45) is 5.41 Å². The first-order chi connectivity index (χ1) is 18.4. The lowest BCUT2D eigenvalue weighted by Crippen LogP contribution is -2.42. The summed E-state index contributed by atoms with van der Waals surface area (Å²) in [7, 11) is 0. The summed E-state index contributed by atoms with van der Waals surface area (Å²) >= 11 is 6.23. The van der Waals surface area contributed by atoms with Crippen LogP contribution >= 0.6 is 11.6 Å². The Hall–Kier alpha value is -3.38. The number of anilines is 1. The molecular formula is C31H33ClN4O2. The molecule has 2 amide bonds. The van der Waals surface area contributed by atoms with Gasteiger partial charge in [-0.1, -0.05) is 29.8 Å². The number of halogens is 1. The van der Waals surface area contributed by atoms with E-state index in [4.69, 9.17) is 11.6 Å². The van der Waals surface area contributed by atoms with Gasteiger partial charge in [0.2, 0.25) is 0 Å². The van der Waals surface area contributed by atoms with Crippen molar-refractivity contribution in [1.29, 1.82) is 0 Å². The summed E-state index contributed by atoms with van der Waals surface area (Å²) in [6, 6.07) is 17.2. The van der Waals surface area contributed by atoms with Crippen LogP contribution in [0.1, 0.15) is 69.3 Å². The lowest BCUT2D eigenvalue weighted by atomic mass is 9.77. The Morgan fingerprint density at radius 1 is 1.03 bits per heavy atom. The zero-order chi connectivity index (χ0) is 26.3. The van der Waals surface area contributed by atoms with Crippen LogP contribution in [0.25, 0.3) is 0 Å². The van der Waals surface area contributed by atoms with Crippen molar-refractivity contribution in [3.8, 4) is 0 Å². The van der Waals surface area contributed by atoms with E-state index in [1.165, 1.54) is 11.3 Å². The maximum atomic E-state index is 13.6. The monoisotopic (exact) mass is 528 g/mol. The van der Waals surface area contributed by atoms with Gasteiger partial charge in [0, 0.05) is 49.3 Å². The number of aryl methyl sites for hydroxylation is 2. The van der Waals surface area contributed by atoms with Crippen molar-refractivity contribution in [3.63, 3.8) is 0 Å². The van der Waals surface area contributed by atoms with E-state index in [0.29, 0.717) is 16.1 Å². The number of nitrogens with one attached hydrogen (secondary N) is 1. The number of amides is 2. The molecule has 38 heavy (non-hydrogen) atoms. The van der Waals surface area contributed by atoms with Crippen LogP contribution in [0.5, 0.6) is 0 Å². The van der Waals surface area contributed by atoms with Gasteiger partial charge in [-0.05, 0) is 92.0 Å². The van der Waals surface area contributed by atoms with Gasteiger partial charge in [0.15, 0.2) is 0 Å². The summed E-state index contributed by atoms with van der Waals surface area (Å²) in [4.78, 5) is 35.3. The fourth-order valence-electron chi connectivity index (χ4n) is 6.43. The molecule has 3 aliphatic rings. The number of rotatable bonds is 4. The molecular weight excluding hydrogens is 496 g/mol. The highest BCUT2D eigenvalue weighted by Crippen LogP contribution is 2.42. The number of fused-ring (bicyclic) bond motifs is 1.